The van der Waals surface area contributed by atoms with Crippen molar-refractivity contribution in [3.63, 3.8) is 0 Å². The predicted molar refractivity (Wildman–Crippen MR) is 81.4 cm³/mol. The molecule has 0 radical (unpaired) electrons. The Morgan fingerprint density at radius 2 is 1.63 bits per heavy atom. The lowest BCUT2D eigenvalue weighted by Crippen LogP contribution is -2.40. The first-order valence-corrected chi connectivity index (χ1v) is 8.76. The van der Waals surface area contributed by atoms with Gasteiger partial charge in [-0.2, -0.15) is 0 Å². The molecule has 0 bridgehead atoms. The molecule has 3 unspecified atom stereocenters. The Kier molecular flexibility index (Phi) is 4.81. The molecule has 0 aromatic heterocycles. The highest BCUT2D eigenvalue weighted by atomic mass is 15.1. The van der Waals surface area contributed by atoms with Crippen molar-refractivity contribution in [2.75, 3.05) is 20.1 Å². The molecule has 1 aliphatic heterocycles. The van der Waals surface area contributed by atoms with Crippen molar-refractivity contribution < 1.29 is 0 Å². The molecule has 3 fully saturated rings. The van der Waals surface area contributed by atoms with Gasteiger partial charge < -0.3 is 10.2 Å². The maximum Gasteiger partial charge on any atom is 0.0200 e. The lowest BCUT2D eigenvalue weighted by Gasteiger charge is -2.28. The molecule has 0 aromatic rings. The van der Waals surface area contributed by atoms with Gasteiger partial charge >= 0.3 is 0 Å². The molecule has 2 saturated carbocycles. The zero-order chi connectivity index (χ0) is 13.1. The Labute approximate surface area is 119 Å². The maximum absolute atomic E-state index is 3.92. The Morgan fingerprint density at radius 3 is 2.42 bits per heavy atom. The van der Waals surface area contributed by atoms with Gasteiger partial charge in [0.2, 0.25) is 0 Å². The molecule has 2 nitrogen and oxygen atoms in total. The summed E-state index contributed by atoms with van der Waals surface area (Å²) in [6.45, 7) is 2.62. The van der Waals surface area contributed by atoms with Crippen molar-refractivity contribution in [1.82, 2.24) is 10.2 Å². The summed E-state index contributed by atoms with van der Waals surface area (Å²) in [6, 6.07) is 1.64. The second-order valence-corrected chi connectivity index (χ2v) is 7.48. The Hall–Kier alpha value is -0.0800. The Balaban J connectivity index is 1.41. The van der Waals surface area contributed by atoms with Crippen LogP contribution >= 0.6 is 0 Å². The van der Waals surface area contributed by atoms with Gasteiger partial charge in [-0.3, -0.25) is 0 Å². The number of hydrogen-bond acceptors (Lipinski definition) is 2. The van der Waals surface area contributed by atoms with Crippen LogP contribution in [0, 0.1) is 11.8 Å². The maximum atomic E-state index is 3.92. The second kappa shape index (κ2) is 6.58. The Bertz CT molecular complexity index is 258. The van der Waals surface area contributed by atoms with Crippen molar-refractivity contribution in [2.24, 2.45) is 11.8 Å². The van der Waals surface area contributed by atoms with Crippen molar-refractivity contribution >= 4 is 0 Å². The summed E-state index contributed by atoms with van der Waals surface area (Å²) in [5.74, 6) is 1.99. The molecule has 1 heterocycles. The minimum atomic E-state index is 0.779. The molecule has 19 heavy (non-hydrogen) atoms. The van der Waals surface area contributed by atoms with E-state index in [1.54, 1.807) is 0 Å². The van der Waals surface area contributed by atoms with Crippen LogP contribution in [-0.2, 0) is 0 Å². The zero-order valence-electron chi connectivity index (χ0n) is 12.7. The van der Waals surface area contributed by atoms with E-state index in [4.69, 9.17) is 0 Å². The fourth-order valence-corrected chi connectivity index (χ4v) is 4.83. The molecule has 0 aromatic carbocycles. The number of nitrogens with one attached hydrogen (secondary N) is 1. The van der Waals surface area contributed by atoms with Gasteiger partial charge in [0.1, 0.15) is 0 Å². The summed E-state index contributed by atoms with van der Waals surface area (Å²) >= 11 is 0. The van der Waals surface area contributed by atoms with Crippen molar-refractivity contribution in [3.8, 4) is 0 Å². The summed E-state index contributed by atoms with van der Waals surface area (Å²) in [6.07, 6.45) is 14.7. The highest BCUT2D eigenvalue weighted by molar-refractivity contribution is 4.93. The molecule has 110 valence electrons. The molecule has 2 aliphatic carbocycles. The van der Waals surface area contributed by atoms with Crippen LogP contribution in [0.25, 0.3) is 0 Å². The average molecular weight is 264 g/mol. The van der Waals surface area contributed by atoms with Gasteiger partial charge in [-0.1, -0.05) is 32.1 Å². The monoisotopic (exact) mass is 264 g/mol. The average Bonchev–Trinajstić information content (AvgIpc) is 2.81. The SMILES string of the molecule is CN(CC1CCCCC1)CC1CC2CCCCC2N1. The van der Waals surface area contributed by atoms with Crippen LogP contribution in [0.4, 0.5) is 0 Å². The Morgan fingerprint density at radius 1 is 0.895 bits per heavy atom. The van der Waals surface area contributed by atoms with E-state index < -0.39 is 0 Å². The van der Waals surface area contributed by atoms with Gasteiger partial charge in [0, 0.05) is 25.2 Å². The van der Waals surface area contributed by atoms with E-state index in [1.807, 2.05) is 0 Å². The minimum absolute atomic E-state index is 0.779. The molecule has 0 amide bonds. The first kappa shape index (κ1) is 13.9. The zero-order valence-corrected chi connectivity index (χ0v) is 12.7. The molecule has 1 saturated heterocycles. The molecule has 3 atom stereocenters. The largest absolute Gasteiger partial charge is 0.310 e. The number of nitrogens with zero attached hydrogens (tertiary/aromatic N) is 1. The van der Waals surface area contributed by atoms with E-state index in [-0.39, 0.29) is 0 Å². The third kappa shape index (κ3) is 3.72. The number of rotatable bonds is 4. The normalized spacial score (nSPS) is 36.6. The first-order chi connectivity index (χ1) is 9.31. The third-order valence-electron chi connectivity index (χ3n) is 5.77. The van der Waals surface area contributed by atoms with Gasteiger partial charge in [0.15, 0.2) is 0 Å². The second-order valence-electron chi connectivity index (χ2n) is 7.48. The third-order valence-corrected chi connectivity index (χ3v) is 5.77. The number of fused-ring (bicyclic) bond motifs is 1. The summed E-state index contributed by atoms with van der Waals surface area (Å²) in [5.41, 5.74) is 0. The molecule has 1 N–H and O–H groups in total. The highest BCUT2D eigenvalue weighted by Crippen LogP contribution is 2.33. The highest BCUT2D eigenvalue weighted by Gasteiger charge is 2.35. The van der Waals surface area contributed by atoms with E-state index in [0.717, 1.165) is 23.9 Å². The lowest BCUT2D eigenvalue weighted by molar-refractivity contribution is 0.218. The van der Waals surface area contributed by atoms with E-state index in [1.165, 1.54) is 77.3 Å². The molecule has 0 spiro atoms. The summed E-state index contributed by atoms with van der Waals surface area (Å²) in [4.78, 5) is 2.62. The standard InChI is InChI=1S/C17H32N2/c1-19(12-14-7-3-2-4-8-14)13-16-11-15-9-5-6-10-17(15)18-16/h14-18H,2-13H2,1H3. The van der Waals surface area contributed by atoms with Crippen LogP contribution in [-0.4, -0.2) is 37.1 Å². The van der Waals surface area contributed by atoms with Crippen LogP contribution in [0.5, 0.6) is 0 Å². The first-order valence-electron chi connectivity index (χ1n) is 8.76. The number of hydrogen-bond donors (Lipinski definition) is 1. The molecule has 3 rings (SSSR count). The molecule has 3 aliphatic rings. The van der Waals surface area contributed by atoms with Crippen LogP contribution in [0.3, 0.4) is 0 Å². The quantitative estimate of drug-likeness (QED) is 0.837. The fraction of sp³-hybridized carbons (Fsp3) is 1.00. The molecule has 2 heteroatoms. The van der Waals surface area contributed by atoms with Gasteiger partial charge in [-0.05, 0) is 51.0 Å². The minimum Gasteiger partial charge on any atom is -0.310 e. The van der Waals surface area contributed by atoms with E-state index in [9.17, 15) is 0 Å². The van der Waals surface area contributed by atoms with Crippen molar-refractivity contribution in [2.45, 2.75) is 76.3 Å². The fourth-order valence-electron chi connectivity index (χ4n) is 4.83. The molecular formula is C17H32N2. The van der Waals surface area contributed by atoms with Crippen LogP contribution in [0.1, 0.15) is 64.2 Å². The van der Waals surface area contributed by atoms with Gasteiger partial charge in [0.25, 0.3) is 0 Å². The van der Waals surface area contributed by atoms with Gasteiger partial charge in [-0.25, -0.2) is 0 Å². The topological polar surface area (TPSA) is 15.3 Å². The van der Waals surface area contributed by atoms with Crippen molar-refractivity contribution in [3.05, 3.63) is 0 Å². The summed E-state index contributed by atoms with van der Waals surface area (Å²) < 4.78 is 0. The molecular weight excluding hydrogens is 232 g/mol. The van der Waals surface area contributed by atoms with E-state index in [0.29, 0.717) is 0 Å². The van der Waals surface area contributed by atoms with Crippen LogP contribution < -0.4 is 5.32 Å². The van der Waals surface area contributed by atoms with Crippen molar-refractivity contribution in [1.29, 1.82) is 0 Å². The van der Waals surface area contributed by atoms with Gasteiger partial charge in [0.05, 0.1) is 0 Å². The summed E-state index contributed by atoms with van der Waals surface area (Å²) in [5, 5.41) is 3.92. The van der Waals surface area contributed by atoms with Crippen LogP contribution in [0.2, 0.25) is 0 Å². The number of likely N-dealkylation sites (N-methyl/N-ethyl adjacent to an activating group) is 1. The summed E-state index contributed by atoms with van der Waals surface area (Å²) in [7, 11) is 2.35. The lowest BCUT2D eigenvalue weighted by atomic mass is 9.85. The predicted octanol–water partition coefficient (Wildman–Crippen LogP) is 3.42. The van der Waals surface area contributed by atoms with E-state index >= 15 is 0 Å². The smallest absolute Gasteiger partial charge is 0.0200 e. The van der Waals surface area contributed by atoms with E-state index in [2.05, 4.69) is 17.3 Å². The van der Waals surface area contributed by atoms with Gasteiger partial charge in [-0.15, -0.1) is 0 Å². The van der Waals surface area contributed by atoms with Crippen LogP contribution in [0.15, 0.2) is 0 Å².